The molecule has 0 amide bonds. The van der Waals surface area contributed by atoms with Gasteiger partial charge in [-0.05, 0) is 46.7 Å². The molecule has 7 nitrogen and oxygen atoms in total. The lowest BCUT2D eigenvalue weighted by Gasteiger charge is -2.15. The van der Waals surface area contributed by atoms with Crippen LogP contribution in [-0.2, 0) is 6.54 Å². The van der Waals surface area contributed by atoms with Gasteiger partial charge in [-0.25, -0.2) is 4.98 Å². The van der Waals surface area contributed by atoms with E-state index in [4.69, 9.17) is 23.2 Å². The number of halogens is 2. The standard InChI is InChI=1S/C20H17Cl2N7/c1-13-10-11-23-19(24-12-14-6-3-2-4-7-14)18(13)25-20-26-27-28-29(20)16-9-5-8-15(21)17(16)22/h2-11H,12H2,1H3,(H,23,24)(H,25,26,28). The third-order valence-corrected chi connectivity index (χ3v) is 5.14. The minimum absolute atomic E-state index is 0.370. The molecule has 2 aromatic carbocycles. The lowest BCUT2D eigenvalue weighted by atomic mass is 10.2. The highest BCUT2D eigenvalue weighted by Crippen LogP contribution is 2.31. The Bertz CT molecular complexity index is 1130. The van der Waals surface area contributed by atoms with Gasteiger partial charge in [-0.2, -0.15) is 4.68 Å². The van der Waals surface area contributed by atoms with Crippen LogP contribution in [0.3, 0.4) is 0 Å². The van der Waals surface area contributed by atoms with Crippen LogP contribution in [0.2, 0.25) is 10.0 Å². The molecule has 0 aliphatic rings. The Morgan fingerprint density at radius 3 is 2.66 bits per heavy atom. The predicted octanol–water partition coefficient (Wildman–Crippen LogP) is 5.03. The molecule has 0 saturated heterocycles. The molecule has 0 bridgehead atoms. The summed E-state index contributed by atoms with van der Waals surface area (Å²) in [5.74, 6) is 1.09. The fraction of sp³-hybridized carbons (Fsp3) is 0.100. The van der Waals surface area contributed by atoms with Gasteiger partial charge in [0.05, 0.1) is 21.4 Å². The first-order valence-corrected chi connectivity index (χ1v) is 9.62. The Morgan fingerprint density at radius 1 is 1.00 bits per heavy atom. The minimum atomic E-state index is 0.370. The van der Waals surface area contributed by atoms with E-state index in [0.717, 1.165) is 16.8 Å². The van der Waals surface area contributed by atoms with E-state index in [1.807, 2.05) is 31.2 Å². The second-order valence-electron chi connectivity index (χ2n) is 6.30. The van der Waals surface area contributed by atoms with Crippen molar-refractivity contribution in [2.45, 2.75) is 13.5 Å². The van der Waals surface area contributed by atoms with Crippen LogP contribution in [0.4, 0.5) is 17.5 Å². The monoisotopic (exact) mass is 425 g/mol. The van der Waals surface area contributed by atoms with Crippen molar-refractivity contribution in [1.29, 1.82) is 0 Å². The number of benzene rings is 2. The summed E-state index contributed by atoms with van der Waals surface area (Å²) in [6.07, 6.45) is 1.75. The molecule has 0 atom stereocenters. The third-order valence-electron chi connectivity index (χ3n) is 4.33. The summed E-state index contributed by atoms with van der Waals surface area (Å²) in [4.78, 5) is 4.47. The zero-order valence-electron chi connectivity index (χ0n) is 15.5. The van der Waals surface area contributed by atoms with E-state index in [-0.39, 0.29) is 0 Å². The molecule has 0 saturated carbocycles. The van der Waals surface area contributed by atoms with Crippen molar-refractivity contribution < 1.29 is 0 Å². The van der Waals surface area contributed by atoms with Crippen LogP contribution in [-0.4, -0.2) is 25.2 Å². The number of rotatable bonds is 6. The van der Waals surface area contributed by atoms with Gasteiger partial charge in [-0.1, -0.05) is 64.7 Å². The van der Waals surface area contributed by atoms with E-state index in [1.165, 1.54) is 4.68 Å². The Hall–Kier alpha value is -3.16. The van der Waals surface area contributed by atoms with Crippen molar-refractivity contribution in [1.82, 2.24) is 25.2 Å². The largest absolute Gasteiger partial charge is 0.364 e. The van der Waals surface area contributed by atoms with Crippen LogP contribution in [0.5, 0.6) is 0 Å². The lowest BCUT2D eigenvalue weighted by Crippen LogP contribution is -2.09. The maximum absolute atomic E-state index is 6.34. The third kappa shape index (κ3) is 4.16. The molecule has 4 rings (SSSR count). The molecule has 0 aliphatic heterocycles. The summed E-state index contributed by atoms with van der Waals surface area (Å²) in [5.41, 5.74) is 3.49. The van der Waals surface area contributed by atoms with Crippen LogP contribution < -0.4 is 10.6 Å². The highest BCUT2D eigenvalue weighted by Gasteiger charge is 2.16. The summed E-state index contributed by atoms with van der Waals surface area (Å²) in [5, 5.41) is 19.3. The van der Waals surface area contributed by atoms with E-state index in [9.17, 15) is 0 Å². The van der Waals surface area contributed by atoms with Gasteiger partial charge in [0.1, 0.15) is 5.82 Å². The highest BCUT2D eigenvalue weighted by molar-refractivity contribution is 6.43. The molecule has 29 heavy (non-hydrogen) atoms. The maximum Gasteiger partial charge on any atom is 0.252 e. The molecule has 0 spiro atoms. The molecule has 2 heterocycles. The second-order valence-corrected chi connectivity index (χ2v) is 7.09. The Labute approximate surface area is 177 Å². The number of nitrogens with zero attached hydrogens (tertiary/aromatic N) is 5. The Balaban J connectivity index is 1.64. The fourth-order valence-electron chi connectivity index (χ4n) is 2.83. The lowest BCUT2D eigenvalue weighted by molar-refractivity contribution is 0.791. The van der Waals surface area contributed by atoms with Gasteiger partial charge in [0.25, 0.3) is 5.95 Å². The van der Waals surface area contributed by atoms with Crippen molar-refractivity contribution in [2.75, 3.05) is 10.6 Å². The number of pyridine rings is 1. The van der Waals surface area contributed by atoms with E-state index < -0.39 is 0 Å². The molecule has 9 heteroatoms. The number of aryl methyl sites for hydroxylation is 1. The number of hydrogen-bond acceptors (Lipinski definition) is 6. The molecule has 2 N–H and O–H groups in total. The van der Waals surface area contributed by atoms with Crippen molar-refractivity contribution in [3.8, 4) is 5.69 Å². The van der Waals surface area contributed by atoms with Gasteiger partial charge < -0.3 is 10.6 Å². The van der Waals surface area contributed by atoms with Crippen molar-refractivity contribution >= 4 is 40.7 Å². The summed E-state index contributed by atoms with van der Waals surface area (Å²) in [7, 11) is 0. The van der Waals surface area contributed by atoms with E-state index in [1.54, 1.807) is 24.4 Å². The summed E-state index contributed by atoms with van der Waals surface area (Å²) < 4.78 is 1.50. The molecule has 0 radical (unpaired) electrons. The zero-order valence-corrected chi connectivity index (χ0v) is 17.0. The smallest absolute Gasteiger partial charge is 0.252 e. The molecule has 4 aromatic rings. The van der Waals surface area contributed by atoms with E-state index in [0.29, 0.717) is 34.0 Å². The summed E-state index contributed by atoms with van der Waals surface area (Å²) in [6.45, 7) is 2.62. The van der Waals surface area contributed by atoms with Gasteiger partial charge in [0.15, 0.2) is 0 Å². The quantitative estimate of drug-likeness (QED) is 0.450. The minimum Gasteiger partial charge on any atom is -0.364 e. The number of tetrazole rings is 1. The van der Waals surface area contributed by atoms with E-state index >= 15 is 0 Å². The summed E-state index contributed by atoms with van der Waals surface area (Å²) >= 11 is 12.5. The average Bonchev–Trinajstić information content (AvgIpc) is 3.19. The van der Waals surface area contributed by atoms with Crippen LogP contribution in [0, 0.1) is 6.92 Å². The van der Waals surface area contributed by atoms with Crippen molar-refractivity contribution in [2.24, 2.45) is 0 Å². The van der Waals surface area contributed by atoms with Crippen LogP contribution >= 0.6 is 23.2 Å². The topological polar surface area (TPSA) is 80.6 Å². The van der Waals surface area contributed by atoms with Gasteiger partial charge in [0, 0.05) is 12.7 Å². The first-order chi connectivity index (χ1) is 14.1. The first kappa shape index (κ1) is 19.2. The molecular formula is C20H17Cl2N7. The fourth-order valence-corrected chi connectivity index (χ4v) is 3.20. The first-order valence-electron chi connectivity index (χ1n) is 8.86. The highest BCUT2D eigenvalue weighted by atomic mass is 35.5. The average molecular weight is 426 g/mol. The SMILES string of the molecule is Cc1ccnc(NCc2ccccc2)c1Nc1nnnn1-c1cccc(Cl)c1Cl. The van der Waals surface area contributed by atoms with Crippen LogP contribution in [0.1, 0.15) is 11.1 Å². The van der Waals surface area contributed by atoms with Gasteiger partial charge >= 0.3 is 0 Å². The molecule has 0 aliphatic carbocycles. The number of hydrogen-bond donors (Lipinski definition) is 2. The van der Waals surface area contributed by atoms with E-state index in [2.05, 4.69) is 43.3 Å². The van der Waals surface area contributed by atoms with Crippen molar-refractivity contribution in [3.63, 3.8) is 0 Å². The zero-order chi connectivity index (χ0) is 20.2. The van der Waals surface area contributed by atoms with Crippen LogP contribution in [0.15, 0.2) is 60.8 Å². The maximum atomic E-state index is 6.34. The number of anilines is 3. The number of nitrogens with one attached hydrogen (secondary N) is 2. The Kier molecular flexibility index (Phi) is 5.59. The Morgan fingerprint density at radius 2 is 1.83 bits per heavy atom. The molecule has 146 valence electrons. The van der Waals surface area contributed by atoms with Crippen molar-refractivity contribution in [3.05, 3.63) is 82.0 Å². The number of aromatic nitrogens is 5. The molecule has 0 unspecified atom stereocenters. The predicted molar refractivity (Wildman–Crippen MR) is 115 cm³/mol. The molecule has 2 aromatic heterocycles. The van der Waals surface area contributed by atoms with Gasteiger partial charge in [-0.3, -0.25) is 0 Å². The van der Waals surface area contributed by atoms with Gasteiger partial charge in [-0.15, -0.1) is 0 Å². The summed E-state index contributed by atoms with van der Waals surface area (Å²) in [6, 6.07) is 17.3. The molecule has 0 fully saturated rings. The van der Waals surface area contributed by atoms with Crippen LogP contribution in [0.25, 0.3) is 5.69 Å². The second kappa shape index (κ2) is 8.46. The molecular weight excluding hydrogens is 409 g/mol. The van der Waals surface area contributed by atoms with Gasteiger partial charge in [0.2, 0.25) is 0 Å². The normalized spacial score (nSPS) is 10.7.